The molecule has 1 aromatic heterocycles. The fraction of sp³-hybridized carbons (Fsp3) is 0.310. The summed E-state index contributed by atoms with van der Waals surface area (Å²) >= 11 is 0. The monoisotopic (exact) mass is 486 g/mol. The maximum Gasteiger partial charge on any atom is 0.269 e. The fourth-order valence-electron chi connectivity index (χ4n) is 4.86. The van der Waals surface area contributed by atoms with Gasteiger partial charge in [0.15, 0.2) is 0 Å². The predicted molar refractivity (Wildman–Crippen MR) is 145 cm³/mol. The van der Waals surface area contributed by atoms with E-state index < -0.39 is 8.32 Å². The van der Waals surface area contributed by atoms with Crippen LogP contribution in [0.15, 0.2) is 89.9 Å². The van der Waals surface area contributed by atoms with Crippen LogP contribution in [-0.4, -0.2) is 31.6 Å². The van der Waals surface area contributed by atoms with Gasteiger partial charge in [-0.1, -0.05) is 81.4 Å². The zero-order chi connectivity index (χ0) is 24.9. The van der Waals surface area contributed by atoms with Gasteiger partial charge in [-0.05, 0) is 40.4 Å². The average Bonchev–Trinajstić information content (AvgIpc) is 2.87. The predicted octanol–water partition coefficient (Wildman–Crippen LogP) is 4.76. The summed E-state index contributed by atoms with van der Waals surface area (Å²) in [7, 11) is -0.914. The SMILES string of the molecule is COc1ccc2ncc(=O)n(CCCCO[Si](c3ccccc3)(c3ccccc3)C(C)(C)C)c2c1. The molecule has 0 fully saturated rings. The van der Waals surface area contributed by atoms with Gasteiger partial charge in [-0.25, -0.2) is 4.98 Å². The first kappa shape index (κ1) is 24.9. The van der Waals surface area contributed by atoms with Crippen LogP contribution in [-0.2, 0) is 11.0 Å². The lowest BCUT2D eigenvalue weighted by atomic mass is 10.2. The Hall–Kier alpha value is -3.22. The minimum absolute atomic E-state index is 0.0511. The van der Waals surface area contributed by atoms with Crippen LogP contribution in [0.3, 0.4) is 0 Å². The molecule has 4 rings (SSSR count). The number of hydrogen-bond donors (Lipinski definition) is 0. The number of ether oxygens (including phenoxy) is 1. The minimum Gasteiger partial charge on any atom is -0.497 e. The second-order valence-electron chi connectivity index (χ2n) is 9.82. The third-order valence-electron chi connectivity index (χ3n) is 6.56. The molecule has 6 heteroatoms. The quantitative estimate of drug-likeness (QED) is 0.253. The van der Waals surface area contributed by atoms with E-state index in [4.69, 9.17) is 9.16 Å². The first-order valence-corrected chi connectivity index (χ1v) is 14.1. The molecule has 0 aliphatic carbocycles. The maximum atomic E-state index is 12.6. The molecule has 182 valence electrons. The van der Waals surface area contributed by atoms with Crippen LogP contribution in [0.4, 0.5) is 0 Å². The highest BCUT2D eigenvalue weighted by Crippen LogP contribution is 2.36. The third-order valence-corrected chi connectivity index (χ3v) is 11.6. The van der Waals surface area contributed by atoms with Crippen LogP contribution in [0.2, 0.25) is 5.04 Å². The van der Waals surface area contributed by atoms with E-state index in [0.717, 1.165) is 23.9 Å². The van der Waals surface area contributed by atoms with Gasteiger partial charge in [0.1, 0.15) is 5.75 Å². The number of aromatic nitrogens is 2. The Bertz CT molecular complexity index is 1280. The molecule has 0 atom stereocenters. The Kier molecular flexibility index (Phi) is 7.53. The molecule has 0 spiro atoms. The van der Waals surface area contributed by atoms with Crippen LogP contribution in [0.25, 0.3) is 11.0 Å². The van der Waals surface area contributed by atoms with Gasteiger partial charge in [0, 0.05) is 19.2 Å². The molecular weight excluding hydrogens is 452 g/mol. The van der Waals surface area contributed by atoms with Crippen molar-refractivity contribution in [3.8, 4) is 5.75 Å². The molecular formula is C29H34N2O3Si. The molecule has 4 aromatic rings. The van der Waals surface area contributed by atoms with E-state index in [9.17, 15) is 4.79 Å². The summed E-state index contributed by atoms with van der Waals surface area (Å²) in [4.78, 5) is 16.9. The van der Waals surface area contributed by atoms with E-state index in [0.29, 0.717) is 18.9 Å². The van der Waals surface area contributed by atoms with Crippen LogP contribution in [0.5, 0.6) is 5.75 Å². The molecule has 35 heavy (non-hydrogen) atoms. The van der Waals surface area contributed by atoms with Crippen LogP contribution in [0, 0.1) is 0 Å². The van der Waals surface area contributed by atoms with E-state index in [2.05, 4.69) is 86.4 Å². The molecule has 5 nitrogen and oxygen atoms in total. The lowest BCUT2D eigenvalue weighted by Crippen LogP contribution is -2.66. The van der Waals surface area contributed by atoms with E-state index in [-0.39, 0.29) is 10.6 Å². The number of unbranched alkanes of at least 4 members (excludes halogenated alkanes) is 1. The standard InChI is InChI=1S/C29H34N2O3Si/c1-29(2,3)35(24-13-7-5-8-14-24,25-15-9-6-10-16-25)34-20-12-11-19-31-27-21-23(33-4)17-18-26(27)30-22-28(31)32/h5-10,13-18,21-22H,11-12,19-20H2,1-4H3. The van der Waals surface area contributed by atoms with Crippen molar-refractivity contribution in [2.24, 2.45) is 0 Å². The summed E-state index contributed by atoms with van der Waals surface area (Å²) in [5, 5.41) is 2.51. The van der Waals surface area contributed by atoms with Gasteiger partial charge in [-0.2, -0.15) is 0 Å². The van der Waals surface area contributed by atoms with Crippen molar-refractivity contribution in [3.63, 3.8) is 0 Å². The number of aryl methyl sites for hydroxylation is 1. The summed E-state index contributed by atoms with van der Waals surface area (Å²) in [6, 6.07) is 27.0. The van der Waals surface area contributed by atoms with Gasteiger partial charge in [0.05, 0.1) is 24.3 Å². The van der Waals surface area contributed by atoms with Crippen LogP contribution in [0.1, 0.15) is 33.6 Å². The van der Waals surface area contributed by atoms with Crippen LogP contribution < -0.4 is 20.7 Å². The van der Waals surface area contributed by atoms with Gasteiger partial charge < -0.3 is 13.7 Å². The Balaban J connectivity index is 1.55. The van der Waals surface area contributed by atoms with Gasteiger partial charge in [-0.15, -0.1) is 0 Å². The number of hydrogen-bond acceptors (Lipinski definition) is 4. The van der Waals surface area contributed by atoms with Crippen molar-refractivity contribution < 1.29 is 9.16 Å². The normalized spacial score (nSPS) is 12.1. The van der Waals surface area contributed by atoms with Crippen molar-refractivity contribution in [2.75, 3.05) is 13.7 Å². The second kappa shape index (κ2) is 10.6. The van der Waals surface area contributed by atoms with Gasteiger partial charge >= 0.3 is 0 Å². The molecule has 0 saturated heterocycles. The third kappa shape index (κ3) is 5.09. The van der Waals surface area contributed by atoms with E-state index in [1.807, 2.05) is 18.2 Å². The zero-order valence-electron chi connectivity index (χ0n) is 21.0. The molecule has 0 N–H and O–H groups in total. The number of nitrogens with zero attached hydrogens (tertiary/aromatic N) is 2. The van der Waals surface area contributed by atoms with Gasteiger partial charge in [0.2, 0.25) is 0 Å². The first-order valence-electron chi connectivity index (χ1n) is 12.2. The average molecular weight is 487 g/mol. The minimum atomic E-state index is -2.54. The molecule has 0 radical (unpaired) electrons. The van der Waals surface area contributed by atoms with Crippen molar-refractivity contribution in [1.29, 1.82) is 0 Å². The Labute approximate surface area is 208 Å². The van der Waals surface area contributed by atoms with E-state index >= 15 is 0 Å². The van der Waals surface area contributed by atoms with Gasteiger partial charge in [0.25, 0.3) is 13.9 Å². The number of fused-ring (bicyclic) bond motifs is 1. The summed E-state index contributed by atoms with van der Waals surface area (Å²) in [5.74, 6) is 0.716. The summed E-state index contributed by atoms with van der Waals surface area (Å²) in [5.41, 5.74) is 1.48. The van der Waals surface area contributed by atoms with Crippen molar-refractivity contribution in [1.82, 2.24) is 9.55 Å². The summed E-state index contributed by atoms with van der Waals surface area (Å²) in [6.45, 7) is 8.10. The molecule has 0 aliphatic rings. The zero-order valence-corrected chi connectivity index (χ0v) is 22.0. The summed E-state index contributed by atoms with van der Waals surface area (Å²) in [6.07, 6.45) is 3.08. The fourth-order valence-corrected chi connectivity index (χ4v) is 9.46. The molecule has 0 saturated carbocycles. The lowest BCUT2D eigenvalue weighted by molar-refractivity contribution is 0.285. The maximum absolute atomic E-state index is 12.6. The Morgan fingerprint density at radius 1 is 0.886 bits per heavy atom. The molecule has 0 aliphatic heterocycles. The molecule has 0 bridgehead atoms. The largest absolute Gasteiger partial charge is 0.497 e. The van der Waals surface area contributed by atoms with E-state index in [1.165, 1.54) is 16.6 Å². The molecule has 0 amide bonds. The number of benzene rings is 3. The van der Waals surface area contributed by atoms with Gasteiger partial charge in [-0.3, -0.25) is 4.79 Å². The number of methoxy groups -OCH3 is 1. The summed E-state index contributed by atoms with van der Waals surface area (Å²) < 4.78 is 14.1. The van der Waals surface area contributed by atoms with E-state index in [1.54, 1.807) is 11.7 Å². The smallest absolute Gasteiger partial charge is 0.269 e. The Morgan fingerprint density at radius 3 is 2.09 bits per heavy atom. The van der Waals surface area contributed by atoms with Crippen LogP contribution >= 0.6 is 0 Å². The van der Waals surface area contributed by atoms with Crippen molar-refractivity contribution in [3.05, 3.63) is 95.4 Å². The molecule has 3 aromatic carbocycles. The highest BCUT2D eigenvalue weighted by atomic mass is 28.4. The van der Waals surface area contributed by atoms with Crippen molar-refractivity contribution in [2.45, 2.75) is 45.2 Å². The topological polar surface area (TPSA) is 53.3 Å². The lowest BCUT2D eigenvalue weighted by Gasteiger charge is -2.43. The molecule has 1 heterocycles. The highest BCUT2D eigenvalue weighted by molar-refractivity contribution is 6.99. The highest BCUT2D eigenvalue weighted by Gasteiger charge is 2.49. The molecule has 0 unspecified atom stereocenters. The second-order valence-corrected chi connectivity index (χ2v) is 14.1. The Morgan fingerprint density at radius 2 is 1.51 bits per heavy atom. The number of rotatable bonds is 9. The van der Waals surface area contributed by atoms with Crippen molar-refractivity contribution >= 4 is 29.7 Å². The first-order chi connectivity index (χ1) is 16.9.